The molecule has 0 radical (unpaired) electrons. The minimum absolute atomic E-state index is 0.00691. The predicted molar refractivity (Wildman–Crippen MR) is 127 cm³/mol. The Morgan fingerprint density at radius 2 is 1.82 bits per heavy atom. The van der Waals surface area contributed by atoms with Crippen molar-refractivity contribution in [2.45, 2.75) is 58.5 Å². The maximum Gasteiger partial charge on any atom is 0.254 e. The molecule has 5 rings (SSSR count). The number of carbonyl (C=O) groups is 1. The molecule has 0 saturated heterocycles. The second-order valence-corrected chi connectivity index (χ2v) is 10.3. The van der Waals surface area contributed by atoms with Crippen molar-refractivity contribution in [1.29, 1.82) is 5.26 Å². The lowest BCUT2D eigenvalue weighted by Gasteiger charge is -2.28. The molecule has 0 spiro atoms. The van der Waals surface area contributed by atoms with Gasteiger partial charge in [0.1, 0.15) is 11.8 Å². The Morgan fingerprint density at radius 1 is 1.06 bits per heavy atom. The molecule has 3 heterocycles. The van der Waals surface area contributed by atoms with Crippen LogP contribution in [0.4, 0.5) is 0 Å². The topological polar surface area (TPSA) is 74.8 Å². The van der Waals surface area contributed by atoms with E-state index in [1.165, 1.54) is 25.7 Å². The van der Waals surface area contributed by atoms with Gasteiger partial charge in [-0.15, -0.1) is 0 Å². The SMILES string of the molecule is CN1C(=O)c2cc(-c3nc(C#N)ccc3-c3cnn(CC4(C)CCCC4)c3)ccc2C1(C)C. The Hall–Kier alpha value is -3.46. The van der Waals surface area contributed by atoms with Crippen molar-refractivity contribution in [3.05, 3.63) is 59.5 Å². The van der Waals surface area contributed by atoms with E-state index in [4.69, 9.17) is 0 Å². The zero-order valence-corrected chi connectivity index (χ0v) is 19.7. The van der Waals surface area contributed by atoms with Crippen molar-refractivity contribution in [3.8, 4) is 28.5 Å². The molecule has 0 atom stereocenters. The number of benzene rings is 1. The molecule has 1 fully saturated rings. The third-order valence-electron chi connectivity index (χ3n) is 7.63. The number of hydrogen-bond acceptors (Lipinski definition) is 4. The highest BCUT2D eigenvalue weighted by molar-refractivity contribution is 6.01. The monoisotopic (exact) mass is 439 g/mol. The molecule has 168 valence electrons. The average molecular weight is 440 g/mol. The summed E-state index contributed by atoms with van der Waals surface area (Å²) in [5, 5.41) is 14.1. The van der Waals surface area contributed by atoms with Gasteiger partial charge in [0.05, 0.1) is 17.4 Å². The maximum absolute atomic E-state index is 12.9. The molecule has 1 amide bonds. The van der Waals surface area contributed by atoms with Crippen LogP contribution in [0.15, 0.2) is 42.7 Å². The van der Waals surface area contributed by atoms with Gasteiger partial charge in [0.15, 0.2) is 0 Å². The highest BCUT2D eigenvalue weighted by Gasteiger charge is 2.40. The number of pyridine rings is 1. The Labute approximate surface area is 194 Å². The lowest BCUT2D eigenvalue weighted by molar-refractivity contribution is 0.0691. The van der Waals surface area contributed by atoms with Crippen LogP contribution < -0.4 is 0 Å². The quantitative estimate of drug-likeness (QED) is 0.547. The van der Waals surface area contributed by atoms with Gasteiger partial charge in [0.2, 0.25) is 0 Å². The van der Waals surface area contributed by atoms with Crippen LogP contribution in [0.1, 0.15) is 68.1 Å². The molecule has 33 heavy (non-hydrogen) atoms. The number of amides is 1. The zero-order valence-electron chi connectivity index (χ0n) is 19.7. The number of nitriles is 1. The van der Waals surface area contributed by atoms with Gasteiger partial charge >= 0.3 is 0 Å². The van der Waals surface area contributed by atoms with Crippen LogP contribution in [0.3, 0.4) is 0 Å². The van der Waals surface area contributed by atoms with Gasteiger partial charge < -0.3 is 4.90 Å². The molecular formula is C27H29N5O. The summed E-state index contributed by atoms with van der Waals surface area (Å²) in [5.41, 5.74) is 5.40. The van der Waals surface area contributed by atoms with Crippen LogP contribution >= 0.6 is 0 Å². The van der Waals surface area contributed by atoms with Crippen LogP contribution in [0.5, 0.6) is 0 Å². The number of carbonyl (C=O) groups excluding carboxylic acids is 1. The fraction of sp³-hybridized carbons (Fsp3) is 0.407. The van der Waals surface area contributed by atoms with Crippen LogP contribution in [0.2, 0.25) is 0 Å². The lowest BCUT2D eigenvalue weighted by atomic mass is 9.89. The summed E-state index contributed by atoms with van der Waals surface area (Å²) >= 11 is 0. The summed E-state index contributed by atoms with van der Waals surface area (Å²) in [4.78, 5) is 19.3. The van der Waals surface area contributed by atoms with Crippen molar-refractivity contribution in [2.75, 3.05) is 7.05 Å². The van der Waals surface area contributed by atoms with Crippen molar-refractivity contribution in [1.82, 2.24) is 19.7 Å². The van der Waals surface area contributed by atoms with E-state index in [1.807, 2.05) is 42.2 Å². The fourth-order valence-electron chi connectivity index (χ4n) is 5.36. The van der Waals surface area contributed by atoms with Gasteiger partial charge in [-0.1, -0.05) is 31.9 Å². The Morgan fingerprint density at radius 3 is 2.55 bits per heavy atom. The van der Waals surface area contributed by atoms with Gasteiger partial charge in [0.25, 0.3) is 5.91 Å². The number of fused-ring (bicyclic) bond motifs is 1. The number of aromatic nitrogens is 3. The van der Waals surface area contributed by atoms with E-state index in [2.05, 4.69) is 43.1 Å². The van der Waals surface area contributed by atoms with Gasteiger partial charge in [-0.25, -0.2) is 4.98 Å². The number of nitrogens with zero attached hydrogens (tertiary/aromatic N) is 5. The number of hydrogen-bond donors (Lipinski definition) is 0. The van der Waals surface area contributed by atoms with Crippen LogP contribution in [0.25, 0.3) is 22.4 Å². The van der Waals surface area contributed by atoms with Crippen molar-refractivity contribution >= 4 is 5.91 Å². The van der Waals surface area contributed by atoms with E-state index in [0.29, 0.717) is 22.4 Å². The Bertz CT molecular complexity index is 1290. The summed E-state index contributed by atoms with van der Waals surface area (Å²) in [6.45, 7) is 7.35. The molecule has 6 heteroatoms. The molecule has 0 N–H and O–H groups in total. The molecule has 1 saturated carbocycles. The first-order valence-corrected chi connectivity index (χ1v) is 11.6. The van der Waals surface area contributed by atoms with Crippen molar-refractivity contribution in [2.24, 2.45) is 5.41 Å². The largest absolute Gasteiger partial charge is 0.332 e. The molecule has 2 aliphatic rings. The average Bonchev–Trinajstić information content (AvgIpc) is 3.49. The molecule has 1 aromatic carbocycles. The Kier molecular flexibility index (Phi) is 4.89. The Balaban J connectivity index is 1.57. The second-order valence-electron chi connectivity index (χ2n) is 10.3. The van der Waals surface area contributed by atoms with Gasteiger partial charge in [0, 0.05) is 42.0 Å². The molecule has 0 unspecified atom stereocenters. The number of rotatable bonds is 4. The first-order chi connectivity index (χ1) is 15.7. The van der Waals surface area contributed by atoms with Crippen molar-refractivity contribution in [3.63, 3.8) is 0 Å². The molecule has 1 aliphatic heterocycles. The standard InChI is InChI=1S/C27H29N5O/c1-26(2)23-10-7-18(13-22(23)25(33)31(26)4)24-21(9-8-20(14-28)30-24)19-15-29-32(16-19)17-27(3)11-5-6-12-27/h7-10,13,15-16H,5-6,11-12,17H2,1-4H3. The van der Waals surface area contributed by atoms with E-state index in [-0.39, 0.29) is 11.4 Å². The van der Waals surface area contributed by atoms with E-state index in [9.17, 15) is 10.1 Å². The van der Waals surface area contributed by atoms with E-state index >= 15 is 0 Å². The van der Waals surface area contributed by atoms with Crippen molar-refractivity contribution < 1.29 is 4.79 Å². The summed E-state index contributed by atoms with van der Waals surface area (Å²) in [7, 11) is 1.83. The summed E-state index contributed by atoms with van der Waals surface area (Å²) in [5.74, 6) is 0.00691. The van der Waals surface area contributed by atoms with E-state index in [1.54, 1.807) is 11.0 Å². The maximum atomic E-state index is 12.9. The molecule has 3 aromatic rings. The van der Waals surface area contributed by atoms with E-state index in [0.717, 1.165) is 28.8 Å². The predicted octanol–water partition coefficient (Wildman–Crippen LogP) is 5.38. The third kappa shape index (κ3) is 3.52. The van der Waals surface area contributed by atoms with Crippen LogP contribution in [-0.4, -0.2) is 32.6 Å². The normalized spacial score (nSPS) is 18.4. The van der Waals surface area contributed by atoms with Crippen LogP contribution in [-0.2, 0) is 12.1 Å². The lowest BCUT2D eigenvalue weighted by Crippen LogP contribution is -2.35. The van der Waals surface area contributed by atoms with Gasteiger partial charge in [-0.05, 0) is 55.9 Å². The first-order valence-electron chi connectivity index (χ1n) is 11.6. The minimum atomic E-state index is -0.354. The smallest absolute Gasteiger partial charge is 0.254 e. The van der Waals surface area contributed by atoms with Crippen LogP contribution in [0, 0.1) is 16.7 Å². The summed E-state index contributed by atoms with van der Waals surface area (Å²) in [6.07, 6.45) is 9.00. The minimum Gasteiger partial charge on any atom is -0.332 e. The summed E-state index contributed by atoms with van der Waals surface area (Å²) in [6, 6.07) is 11.8. The molecule has 6 nitrogen and oxygen atoms in total. The molecular weight excluding hydrogens is 410 g/mol. The highest BCUT2D eigenvalue weighted by atomic mass is 16.2. The molecule has 2 aromatic heterocycles. The van der Waals surface area contributed by atoms with Gasteiger partial charge in [-0.3, -0.25) is 9.48 Å². The fourth-order valence-corrected chi connectivity index (χ4v) is 5.36. The zero-order chi connectivity index (χ0) is 23.4. The van der Waals surface area contributed by atoms with E-state index < -0.39 is 0 Å². The third-order valence-corrected chi connectivity index (χ3v) is 7.63. The summed E-state index contributed by atoms with van der Waals surface area (Å²) < 4.78 is 2.03. The molecule has 0 bridgehead atoms. The highest BCUT2D eigenvalue weighted by Crippen LogP contribution is 2.41. The first kappa shape index (κ1) is 21.4. The molecule has 1 aliphatic carbocycles. The second kappa shape index (κ2) is 7.55. The van der Waals surface area contributed by atoms with Gasteiger partial charge in [-0.2, -0.15) is 10.4 Å².